The predicted molar refractivity (Wildman–Crippen MR) is 70.2 cm³/mol. The van der Waals surface area contributed by atoms with Gasteiger partial charge in [-0.05, 0) is 19.1 Å². The number of aromatic nitrogens is 2. The quantitative estimate of drug-likeness (QED) is 0.925. The Bertz CT molecular complexity index is 578. The predicted octanol–water partition coefficient (Wildman–Crippen LogP) is 2.79. The van der Waals surface area contributed by atoms with Gasteiger partial charge in [-0.25, -0.2) is 4.68 Å². The molecule has 4 nitrogen and oxygen atoms in total. The molecule has 2 N–H and O–H groups in total. The van der Waals surface area contributed by atoms with Gasteiger partial charge in [0, 0.05) is 16.6 Å². The fraction of sp³-hybridized carbons (Fsp3) is 0.167. The van der Waals surface area contributed by atoms with Crippen molar-refractivity contribution in [3.63, 3.8) is 0 Å². The van der Waals surface area contributed by atoms with Gasteiger partial charge in [0.25, 0.3) is 0 Å². The minimum absolute atomic E-state index is 0.424. The lowest BCUT2D eigenvalue weighted by atomic mass is 10.1. The van der Waals surface area contributed by atoms with Crippen LogP contribution in [0.2, 0.25) is 0 Å². The van der Waals surface area contributed by atoms with Gasteiger partial charge in [-0.1, -0.05) is 28.1 Å². The van der Waals surface area contributed by atoms with Gasteiger partial charge in [0.15, 0.2) is 0 Å². The van der Waals surface area contributed by atoms with Gasteiger partial charge in [-0.15, -0.1) is 0 Å². The fourth-order valence-electron chi connectivity index (χ4n) is 1.64. The van der Waals surface area contributed by atoms with Crippen LogP contribution < -0.4 is 5.73 Å². The minimum atomic E-state index is 0.424. The minimum Gasteiger partial charge on any atom is -0.383 e. The molecule has 0 aliphatic heterocycles. The van der Waals surface area contributed by atoms with E-state index in [9.17, 15) is 0 Å². The van der Waals surface area contributed by atoms with E-state index in [0.717, 1.165) is 10.0 Å². The van der Waals surface area contributed by atoms with E-state index in [1.807, 2.05) is 31.2 Å². The SMILES string of the molecule is CCn1nc(-c2ccc(Br)cc2)c(C#N)c1N. The molecule has 0 aliphatic rings. The summed E-state index contributed by atoms with van der Waals surface area (Å²) >= 11 is 3.37. The van der Waals surface area contributed by atoms with Gasteiger partial charge in [0.2, 0.25) is 0 Å². The van der Waals surface area contributed by atoms with Gasteiger partial charge in [0.05, 0.1) is 0 Å². The Morgan fingerprint density at radius 1 is 1.41 bits per heavy atom. The standard InChI is InChI=1S/C12H11BrN4/c1-2-17-12(15)10(7-14)11(16-17)8-3-5-9(13)6-4-8/h3-6H,2,15H2,1H3. The van der Waals surface area contributed by atoms with Gasteiger partial charge < -0.3 is 5.73 Å². The highest BCUT2D eigenvalue weighted by Crippen LogP contribution is 2.27. The Morgan fingerprint density at radius 3 is 2.59 bits per heavy atom. The van der Waals surface area contributed by atoms with Crippen LogP contribution in [0.25, 0.3) is 11.3 Å². The summed E-state index contributed by atoms with van der Waals surface area (Å²) in [6.07, 6.45) is 0. The number of hydrogen-bond donors (Lipinski definition) is 1. The molecule has 1 aromatic heterocycles. The molecular formula is C12H11BrN4. The van der Waals surface area contributed by atoms with E-state index in [1.165, 1.54) is 0 Å². The van der Waals surface area contributed by atoms with Crippen molar-refractivity contribution >= 4 is 21.7 Å². The van der Waals surface area contributed by atoms with Crippen molar-refractivity contribution in [2.75, 3.05) is 5.73 Å². The van der Waals surface area contributed by atoms with Gasteiger partial charge in [-0.3, -0.25) is 0 Å². The Labute approximate surface area is 108 Å². The second-order valence-electron chi connectivity index (χ2n) is 3.54. The first-order chi connectivity index (χ1) is 8.17. The van der Waals surface area contributed by atoms with Crippen LogP contribution in [0.15, 0.2) is 28.7 Å². The second kappa shape index (κ2) is 4.60. The Hall–Kier alpha value is -1.80. The smallest absolute Gasteiger partial charge is 0.140 e. The average Bonchev–Trinajstić information content (AvgIpc) is 2.66. The number of aryl methyl sites for hydroxylation is 1. The summed E-state index contributed by atoms with van der Waals surface area (Å²) < 4.78 is 2.62. The highest BCUT2D eigenvalue weighted by atomic mass is 79.9. The molecule has 0 atom stereocenters. The lowest BCUT2D eigenvalue weighted by Gasteiger charge is -1.97. The maximum absolute atomic E-state index is 9.13. The zero-order valence-corrected chi connectivity index (χ0v) is 10.9. The topological polar surface area (TPSA) is 67.6 Å². The highest BCUT2D eigenvalue weighted by Gasteiger charge is 2.15. The molecule has 0 saturated heterocycles. The van der Waals surface area contributed by atoms with Crippen LogP contribution in [0.5, 0.6) is 0 Å². The molecular weight excluding hydrogens is 280 g/mol. The summed E-state index contributed by atoms with van der Waals surface area (Å²) in [6.45, 7) is 2.59. The van der Waals surface area contributed by atoms with E-state index < -0.39 is 0 Å². The first kappa shape index (κ1) is 11.7. The van der Waals surface area contributed by atoms with Crippen molar-refractivity contribution in [2.24, 2.45) is 0 Å². The van der Waals surface area contributed by atoms with Gasteiger partial charge in [0.1, 0.15) is 23.1 Å². The molecule has 1 heterocycles. The van der Waals surface area contributed by atoms with E-state index in [0.29, 0.717) is 23.6 Å². The summed E-state index contributed by atoms with van der Waals surface area (Å²) in [4.78, 5) is 0. The molecule has 0 spiro atoms. The number of anilines is 1. The molecule has 0 unspecified atom stereocenters. The highest BCUT2D eigenvalue weighted by molar-refractivity contribution is 9.10. The summed E-state index contributed by atoms with van der Waals surface area (Å²) in [5, 5.41) is 13.5. The van der Waals surface area contributed by atoms with Crippen LogP contribution in [0.1, 0.15) is 12.5 Å². The molecule has 0 radical (unpaired) electrons. The molecule has 0 aliphatic carbocycles. The summed E-state index contributed by atoms with van der Waals surface area (Å²) in [5.41, 5.74) is 7.83. The van der Waals surface area contributed by atoms with Crippen molar-refractivity contribution in [3.8, 4) is 17.3 Å². The zero-order chi connectivity index (χ0) is 12.4. The fourth-order valence-corrected chi connectivity index (χ4v) is 1.90. The third-order valence-corrected chi connectivity index (χ3v) is 3.05. The second-order valence-corrected chi connectivity index (χ2v) is 4.46. The van der Waals surface area contributed by atoms with E-state index >= 15 is 0 Å². The van der Waals surface area contributed by atoms with E-state index in [-0.39, 0.29) is 0 Å². The molecule has 17 heavy (non-hydrogen) atoms. The van der Waals surface area contributed by atoms with Crippen LogP contribution in [0, 0.1) is 11.3 Å². The third kappa shape index (κ3) is 2.04. The zero-order valence-electron chi connectivity index (χ0n) is 9.31. The molecule has 0 amide bonds. The number of nitrogens with two attached hydrogens (primary N) is 1. The normalized spacial score (nSPS) is 10.2. The number of benzene rings is 1. The number of rotatable bonds is 2. The Kier molecular flexibility index (Phi) is 3.16. The monoisotopic (exact) mass is 290 g/mol. The summed E-state index contributed by atoms with van der Waals surface area (Å²) in [5.74, 6) is 0.424. The summed E-state index contributed by atoms with van der Waals surface area (Å²) in [6, 6.07) is 9.76. The van der Waals surface area contributed by atoms with E-state index in [2.05, 4.69) is 27.1 Å². The lowest BCUT2D eigenvalue weighted by Crippen LogP contribution is -2.02. The molecule has 0 saturated carbocycles. The number of hydrogen-bond acceptors (Lipinski definition) is 3. The van der Waals surface area contributed by atoms with Crippen molar-refractivity contribution in [1.29, 1.82) is 5.26 Å². The number of nitriles is 1. The van der Waals surface area contributed by atoms with Crippen molar-refractivity contribution in [1.82, 2.24) is 9.78 Å². The first-order valence-corrected chi connectivity index (χ1v) is 5.99. The van der Waals surface area contributed by atoms with Crippen molar-refractivity contribution in [3.05, 3.63) is 34.3 Å². The first-order valence-electron chi connectivity index (χ1n) is 5.19. The molecule has 5 heteroatoms. The molecule has 86 valence electrons. The van der Waals surface area contributed by atoms with Crippen LogP contribution in [0.3, 0.4) is 0 Å². The Balaban J connectivity index is 2.59. The molecule has 1 aromatic carbocycles. The average molecular weight is 291 g/mol. The molecule has 2 rings (SSSR count). The third-order valence-electron chi connectivity index (χ3n) is 2.52. The molecule has 2 aromatic rings. The maximum Gasteiger partial charge on any atom is 0.140 e. The van der Waals surface area contributed by atoms with Crippen molar-refractivity contribution in [2.45, 2.75) is 13.5 Å². The lowest BCUT2D eigenvalue weighted by molar-refractivity contribution is 0.672. The van der Waals surface area contributed by atoms with Gasteiger partial charge >= 0.3 is 0 Å². The molecule has 0 fully saturated rings. The van der Waals surface area contributed by atoms with Crippen LogP contribution in [-0.4, -0.2) is 9.78 Å². The van der Waals surface area contributed by atoms with Crippen LogP contribution in [-0.2, 0) is 6.54 Å². The van der Waals surface area contributed by atoms with Crippen molar-refractivity contribution < 1.29 is 0 Å². The number of nitrogens with zero attached hydrogens (tertiary/aromatic N) is 3. The van der Waals surface area contributed by atoms with Crippen LogP contribution in [0.4, 0.5) is 5.82 Å². The van der Waals surface area contributed by atoms with Gasteiger partial charge in [-0.2, -0.15) is 10.4 Å². The van der Waals surface area contributed by atoms with Crippen LogP contribution >= 0.6 is 15.9 Å². The van der Waals surface area contributed by atoms with E-state index in [4.69, 9.17) is 11.0 Å². The number of halogens is 1. The summed E-state index contributed by atoms with van der Waals surface area (Å²) in [7, 11) is 0. The maximum atomic E-state index is 9.13. The number of nitrogen functional groups attached to an aromatic ring is 1. The largest absolute Gasteiger partial charge is 0.383 e. The Morgan fingerprint density at radius 2 is 2.06 bits per heavy atom. The molecule has 0 bridgehead atoms. The van der Waals surface area contributed by atoms with E-state index in [1.54, 1.807) is 4.68 Å².